The van der Waals surface area contributed by atoms with Crippen LogP contribution < -0.4 is 0 Å². The number of amides is 1. The molecule has 1 aromatic heterocycles. The molecule has 1 fully saturated rings. The van der Waals surface area contributed by atoms with E-state index in [2.05, 4.69) is 5.10 Å². The number of carbonyl (C=O) groups excluding carboxylic acids is 1. The zero-order valence-corrected chi connectivity index (χ0v) is 13.8. The van der Waals surface area contributed by atoms with Crippen LogP contribution in [0.4, 0.5) is 0 Å². The largest absolute Gasteiger partial charge is 0.504 e. The van der Waals surface area contributed by atoms with Crippen LogP contribution in [0.5, 0.6) is 5.75 Å². The molecule has 6 heteroatoms. The van der Waals surface area contributed by atoms with Gasteiger partial charge in [-0.05, 0) is 43.7 Å². The van der Waals surface area contributed by atoms with Gasteiger partial charge in [0.1, 0.15) is 0 Å². The second kappa shape index (κ2) is 7.05. The summed E-state index contributed by atoms with van der Waals surface area (Å²) in [6.45, 7) is 0.215. The highest BCUT2D eigenvalue weighted by atomic mass is 16.3. The third-order valence-corrected chi connectivity index (χ3v) is 4.86. The summed E-state index contributed by atoms with van der Waals surface area (Å²) in [5, 5.41) is 23.6. The number of carbonyl (C=O) groups is 1. The Balaban J connectivity index is 1.74. The van der Waals surface area contributed by atoms with Crippen LogP contribution in [0.15, 0.2) is 36.5 Å². The molecule has 2 N–H and O–H groups in total. The van der Waals surface area contributed by atoms with Crippen molar-refractivity contribution in [2.45, 2.75) is 31.7 Å². The maximum Gasteiger partial charge on any atom is 0.278 e. The number of para-hydroxylation sites is 1. The Morgan fingerprint density at radius 3 is 2.54 bits per heavy atom. The Morgan fingerprint density at radius 1 is 1.25 bits per heavy atom. The van der Waals surface area contributed by atoms with Crippen LogP contribution in [-0.2, 0) is 0 Å². The van der Waals surface area contributed by atoms with E-state index in [9.17, 15) is 15.0 Å². The summed E-state index contributed by atoms with van der Waals surface area (Å²) in [5.74, 6) is -0.0372. The fraction of sp³-hybridized carbons (Fsp3) is 0.444. The first-order valence-corrected chi connectivity index (χ1v) is 8.32. The first-order valence-electron chi connectivity index (χ1n) is 8.32. The van der Waals surface area contributed by atoms with Gasteiger partial charge in [-0.1, -0.05) is 18.2 Å². The molecule has 128 valence electrons. The van der Waals surface area contributed by atoms with E-state index in [1.165, 1.54) is 10.9 Å². The number of nitrogens with zero attached hydrogens (tertiary/aromatic N) is 3. The minimum atomic E-state index is -0.269. The molecule has 0 spiro atoms. The van der Waals surface area contributed by atoms with Gasteiger partial charge < -0.3 is 15.1 Å². The maximum atomic E-state index is 12.7. The second-order valence-electron chi connectivity index (χ2n) is 6.42. The van der Waals surface area contributed by atoms with Crippen molar-refractivity contribution in [3.8, 4) is 11.4 Å². The van der Waals surface area contributed by atoms with E-state index in [1.54, 1.807) is 11.9 Å². The van der Waals surface area contributed by atoms with Crippen molar-refractivity contribution in [3.63, 3.8) is 0 Å². The third-order valence-electron chi connectivity index (χ3n) is 4.86. The summed E-state index contributed by atoms with van der Waals surface area (Å²) in [6.07, 6.45) is 5.03. The van der Waals surface area contributed by atoms with Gasteiger partial charge in [-0.3, -0.25) is 4.79 Å². The normalized spacial score (nSPS) is 20.8. The van der Waals surface area contributed by atoms with Crippen molar-refractivity contribution in [2.24, 2.45) is 5.92 Å². The minimum Gasteiger partial charge on any atom is -0.504 e. The van der Waals surface area contributed by atoms with Crippen LogP contribution in [0.1, 0.15) is 36.2 Å². The maximum absolute atomic E-state index is 12.7. The molecule has 1 aliphatic carbocycles. The van der Waals surface area contributed by atoms with E-state index >= 15 is 0 Å². The standard InChI is InChI=1S/C18H23N3O3/c1-20(14-9-7-13(12-22)8-10-14)18(24)17-16(23)11-21(19-17)15-5-3-2-4-6-15/h2-6,11,13-14,22-23H,7-10,12H2,1H3. The lowest BCUT2D eigenvalue weighted by Crippen LogP contribution is -2.40. The lowest BCUT2D eigenvalue weighted by atomic mass is 9.86. The lowest BCUT2D eigenvalue weighted by molar-refractivity contribution is 0.0644. The zero-order chi connectivity index (χ0) is 17.1. The van der Waals surface area contributed by atoms with Gasteiger partial charge in [-0.25, -0.2) is 4.68 Å². The zero-order valence-electron chi connectivity index (χ0n) is 13.8. The molecule has 0 saturated heterocycles. The summed E-state index contributed by atoms with van der Waals surface area (Å²) >= 11 is 0. The SMILES string of the molecule is CN(C(=O)c1nn(-c2ccccc2)cc1O)C1CCC(CO)CC1. The Morgan fingerprint density at radius 2 is 1.92 bits per heavy atom. The van der Waals surface area contributed by atoms with Crippen LogP contribution >= 0.6 is 0 Å². The molecule has 0 radical (unpaired) electrons. The number of aliphatic hydroxyl groups is 1. The van der Waals surface area contributed by atoms with Crippen molar-refractivity contribution in [1.29, 1.82) is 0 Å². The topological polar surface area (TPSA) is 78.6 Å². The molecule has 2 aromatic rings. The number of benzene rings is 1. The highest BCUT2D eigenvalue weighted by Gasteiger charge is 2.29. The van der Waals surface area contributed by atoms with Crippen LogP contribution in [0.25, 0.3) is 5.69 Å². The van der Waals surface area contributed by atoms with Crippen LogP contribution in [-0.4, -0.2) is 50.5 Å². The molecule has 1 amide bonds. The molecule has 0 unspecified atom stereocenters. The van der Waals surface area contributed by atoms with E-state index in [4.69, 9.17) is 0 Å². The number of aromatic hydroxyl groups is 1. The Kier molecular flexibility index (Phi) is 4.85. The van der Waals surface area contributed by atoms with Gasteiger partial charge in [0.25, 0.3) is 5.91 Å². The van der Waals surface area contributed by atoms with Crippen LogP contribution in [0.3, 0.4) is 0 Å². The minimum absolute atomic E-state index is 0.0747. The summed E-state index contributed by atoms with van der Waals surface area (Å²) in [5.41, 5.74) is 0.864. The van der Waals surface area contributed by atoms with E-state index in [-0.39, 0.29) is 30.0 Å². The van der Waals surface area contributed by atoms with Gasteiger partial charge in [0.15, 0.2) is 11.4 Å². The molecule has 1 heterocycles. The summed E-state index contributed by atoms with van der Waals surface area (Å²) in [6, 6.07) is 9.50. The summed E-state index contributed by atoms with van der Waals surface area (Å²) in [7, 11) is 1.76. The Hall–Kier alpha value is -2.34. The molecule has 0 bridgehead atoms. The number of rotatable bonds is 4. The first-order chi connectivity index (χ1) is 11.6. The molecule has 1 aliphatic rings. The average Bonchev–Trinajstić information content (AvgIpc) is 3.03. The third kappa shape index (κ3) is 3.28. The lowest BCUT2D eigenvalue weighted by Gasteiger charge is -2.33. The predicted octanol–water partition coefficient (Wildman–Crippen LogP) is 2.20. The van der Waals surface area contributed by atoms with E-state index in [1.807, 2.05) is 30.3 Å². The number of hydrogen-bond acceptors (Lipinski definition) is 4. The van der Waals surface area contributed by atoms with Crippen molar-refractivity contribution in [2.75, 3.05) is 13.7 Å². The second-order valence-corrected chi connectivity index (χ2v) is 6.42. The van der Waals surface area contributed by atoms with Gasteiger partial charge in [0.2, 0.25) is 0 Å². The van der Waals surface area contributed by atoms with Gasteiger partial charge >= 0.3 is 0 Å². The van der Waals surface area contributed by atoms with Gasteiger partial charge in [0.05, 0.1) is 11.9 Å². The average molecular weight is 329 g/mol. The molecular weight excluding hydrogens is 306 g/mol. The quantitative estimate of drug-likeness (QED) is 0.901. The fourth-order valence-corrected chi connectivity index (χ4v) is 3.28. The Labute approximate surface area is 141 Å². The van der Waals surface area contributed by atoms with Crippen molar-refractivity contribution < 1.29 is 15.0 Å². The Bertz CT molecular complexity index is 691. The monoisotopic (exact) mass is 329 g/mol. The molecule has 1 saturated carbocycles. The van der Waals surface area contributed by atoms with Gasteiger partial charge in [-0.15, -0.1) is 0 Å². The molecule has 0 aliphatic heterocycles. The summed E-state index contributed by atoms with van der Waals surface area (Å²) < 4.78 is 1.51. The molecule has 3 rings (SSSR count). The van der Waals surface area contributed by atoms with E-state index in [0.29, 0.717) is 5.92 Å². The van der Waals surface area contributed by atoms with E-state index < -0.39 is 0 Å². The summed E-state index contributed by atoms with van der Waals surface area (Å²) in [4.78, 5) is 14.4. The fourth-order valence-electron chi connectivity index (χ4n) is 3.28. The van der Waals surface area contributed by atoms with Gasteiger partial charge in [-0.2, -0.15) is 5.10 Å². The molecular formula is C18H23N3O3. The van der Waals surface area contributed by atoms with Crippen LogP contribution in [0, 0.1) is 5.92 Å². The molecule has 24 heavy (non-hydrogen) atoms. The van der Waals surface area contributed by atoms with E-state index in [0.717, 1.165) is 31.4 Å². The molecule has 0 atom stereocenters. The number of aliphatic hydroxyl groups excluding tert-OH is 1. The van der Waals surface area contributed by atoms with Crippen molar-refractivity contribution in [1.82, 2.24) is 14.7 Å². The number of hydrogen-bond donors (Lipinski definition) is 2. The smallest absolute Gasteiger partial charge is 0.278 e. The first kappa shape index (κ1) is 16.5. The molecule has 1 aromatic carbocycles. The van der Waals surface area contributed by atoms with Crippen LogP contribution in [0.2, 0.25) is 0 Å². The van der Waals surface area contributed by atoms with Crippen molar-refractivity contribution in [3.05, 3.63) is 42.2 Å². The predicted molar refractivity (Wildman–Crippen MR) is 90.2 cm³/mol. The number of aromatic nitrogens is 2. The molecule has 6 nitrogen and oxygen atoms in total. The van der Waals surface area contributed by atoms with Gasteiger partial charge in [0, 0.05) is 19.7 Å². The van der Waals surface area contributed by atoms with Crippen molar-refractivity contribution >= 4 is 5.91 Å². The highest BCUT2D eigenvalue weighted by molar-refractivity contribution is 5.94. The highest BCUT2D eigenvalue weighted by Crippen LogP contribution is 2.28.